The predicted octanol–water partition coefficient (Wildman–Crippen LogP) is 4.48. The van der Waals surface area contributed by atoms with Crippen molar-refractivity contribution in [3.05, 3.63) is 77.9 Å². The van der Waals surface area contributed by atoms with E-state index in [0.29, 0.717) is 35.8 Å². The van der Waals surface area contributed by atoms with E-state index in [1.165, 1.54) is 4.90 Å². The third-order valence-corrected chi connectivity index (χ3v) is 4.97. The number of aliphatic hydroxyl groups excluding tert-OH is 1. The van der Waals surface area contributed by atoms with Gasteiger partial charge in [-0.3, -0.25) is 9.59 Å². The first kappa shape index (κ1) is 22.2. The lowest BCUT2D eigenvalue weighted by atomic mass is 9.95. The number of Topliss-reactive ketones (excluding diaryl/α,β-unsaturated/α-hetero) is 1. The maximum Gasteiger partial charge on any atom is 0.295 e. The number of carbonyl (C=O) groups is 2. The van der Waals surface area contributed by atoms with Gasteiger partial charge in [-0.05, 0) is 55.3 Å². The highest BCUT2D eigenvalue weighted by Gasteiger charge is 2.45. The monoisotopic (exact) mass is 421 g/mol. The molecule has 2 aromatic rings. The molecule has 0 unspecified atom stereocenters. The van der Waals surface area contributed by atoms with Crippen LogP contribution in [0.25, 0.3) is 5.76 Å². The second-order valence-corrected chi connectivity index (χ2v) is 7.12. The van der Waals surface area contributed by atoms with Gasteiger partial charge in [0.2, 0.25) is 0 Å². The maximum atomic E-state index is 12.9. The Bertz CT molecular complexity index is 976. The molecule has 1 heterocycles. The van der Waals surface area contributed by atoms with Crippen molar-refractivity contribution in [2.75, 3.05) is 19.8 Å². The van der Waals surface area contributed by atoms with Gasteiger partial charge in [0.05, 0.1) is 24.8 Å². The number of nitrogens with zero attached hydrogens (tertiary/aromatic N) is 1. The van der Waals surface area contributed by atoms with E-state index in [0.717, 1.165) is 6.42 Å². The molecule has 1 atom stereocenters. The van der Waals surface area contributed by atoms with Crippen molar-refractivity contribution >= 4 is 17.4 Å². The average Bonchev–Trinajstić information content (AvgIpc) is 3.03. The van der Waals surface area contributed by atoms with Gasteiger partial charge in [-0.1, -0.05) is 25.1 Å². The highest BCUT2D eigenvalue weighted by molar-refractivity contribution is 6.46. The first-order valence-electron chi connectivity index (χ1n) is 10.4. The van der Waals surface area contributed by atoms with Crippen molar-refractivity contribution in [1.82, 2.24) is 4.90 Å². The van der Waals surface area contributed by atoms with Gasteiger partial charge in [0.15, 0.2) is 0 Å². The summed E-state index contributed by atoms with van der Waals surface area (Å²) in [6.07, 6.45) is 2.45. The summed E-state index contributed by atoms with van der Waals surface area (Å²) >= 11 is 0. The first-order valence-corrected chi connectivity index (χ1v) is 10.4. The lowest BCUT2D eigenvalue weighted by Gasteiger charge is -2.24. The number of aliphatic hydroxyl groups is 1. The smallest absolute Gasteiger partial charge is 0.295 e. The van der Waals surface area contributed by atoms with E-state index in [-0.39, 0.29) is 17.9 Å². The summed E-state index contributed by atoms with van der Waals surface area (Å²) in [4.78, 5) is 27.0. The summed E-state index contributed by atoms with van der Waals surface area (Å²) < 4.78 is 11.1. The number of rotatable bonds is 9. The highest BCUT2D eigenvalue weighted by Crippen LogP contribution is 2.39. The summed E-state index contributed by atoms with van der Waals surface area (Å²) in [5, 5.41) is 11.0. The van der Waals surface area contributed by atoms with Crippen LogP contribution >= 0.6 is 0 Å². The van der Waals surface area contributed by atoms with Gasteiger partial charge < -0.3 is 19.5 Å². The molecule has 1 aliphatic heterocycles. The zero-order valence-corrected chi connectivity index (χ0v) is 17.8. The Morgan fingerprint density at radius 2 is 1.65 bits per heavy atom. The Morgan fingerprint density at radius 3 is 2.23 bits per heavy atom. The third-order valence-electron chi connectivity index (χ3n) is 4.97. The number of amides is 1. The van der Waals surface area contributed by atoms with Gasteiger partial charge >= 0.3 is 0 Å². The summed E-state index contributed by atoms with van der Waals surface area (Å²) in [5.41, 5.74) is 1.20. The van der Waals surface area contributed by atoms with E-state index in [4.69, 9.17) is 9.47 Å². The van der Waals surface area contributed by atoms with Crippen LogP contribution in [-0.4, -0.2) is 41.5 Å². The number of carbonyl (C=O) groups excluding carboxylic acids is 2. The molecule has 0 spiro atoms. The molecule has 0 aliphatic carbocycles. The quantitative estimate of drug-likeness (QED) is 0.280. The fourth-order valence-electron chi connectivity index (χ4n) is 3.55. The minimum absolute atomic E-state index is 0.0539. The van der Waals surface area contributed by atoms with Crippen LogP contribution < -0.4 is 9.47 Å². The summed E-state index contributed by atoms with van der Waals surface area (Å²) in [6.45, 7) is 8.92. The molecule has 1 saturated heterocycles. The lowest BCUT2D eigenvalue weighted by molar-refractivity contribution is -0.139. The Morgan fingerprint density at radius 1 is 1.03 bits per heavy atom. The second kappa shape index (κ2) is 9.98. The van der Waals surface area contributed by atoms with E-state index in [1.54, 1.807) is 54.6 Å². The van der Waals surface area contributed by atoms with E-state index in [2.05, 4.69) is 6.58 Å². The Balaban J connectivity index is 2.04. The van der Waals surface area contributed by atoms with E-state index < -0.39 is 17.7 Å². The molecule has 6 heteroatoms. The number of ether oxygens (including phenoxy) is 2. The van der Waals surface area contributed by atoms with Crippen LogP contribution in [0.5, 0.6) is 11.5 Å². The number of hydrogen-bond donors (Lipinski definition) is 1. The fraction of sp³-hybridized carbons (Fsp3) is 0.280. The highest BCUT2D eigenvalue weighted by atomic mass is 16.5. The van der Waals surface area contributed by atoms with Gasteiger partial charge in [-0.25, -0.2) is 0 Å². The molecule has 3 rings (SSSR count). The van der Waals surface area contributed by atoms with E-state index in [9.17, 15) is 14.7 Å². The molecule has 0 bridgehead atoms. The first-order chi connectivity index (χ1) is 15.0. The average molecular weight is 421 g/mol. The van der Waals surface area contributed by atoms with Crippen LogP contribution in [-0.2, 0) is 9.59 Å². The van der Waals surface area contributed by atoms with Crippen molar-refractivity contribution in [3.63, 3.8) is 0 Å². The second-order valence-electron chi connectivity index (χ2n) is 7.12. The molecule has 1 fully saturated rings. The van der Waals surface area contributed by atoms with Gasteiger partial charge in [0.1, 0.15) is 17.3 Å². The molecule has 31 heavy (non-hydrogen) atoms. The maximum absolute atomic E-state index is 12.9. The molecule has 0 aromatic heterocycles. The molecule has 1 amide bonds. The minimum Gasteiger partial charge on any atom is -0.507 e. The zero-order valence-electron chi connectivity index (χ0n) is 17.8. The lowest BCUT2D eigenvalue weighted by Crippen LogP contribution is -2.29. The SMILES string of the molecule is C=CCN1C(=O)C(=O)C(=C(O)c2ccc(OCCC)cc2)[C@H]1c1ccc(OCC)cc1. The molecule has 1 aliphatic rings. The minimum atomic E-state index is -0.718. The van der Waals surface area contributed by atoms with Crippen LogP contribution in [0, 0.1) is 0 Å². The molecule has 162 valence electrons. The summed E-state index contributed by atoms with van der Waals surface area (Å²) in [5.74, 6) is -0.234. The predicted molar refractivity (Wildman–Crippen MR) is 119 cm³/mol. The Labute approximate surface area is 182 Å². The summed E-state index contributed by atoms with van der Waals surface area (Å²) in [7, 11) is 0. The van der Waals surface area contributed by atoms with Gasteiger partial charge in [-0.2, -0.15) is 0 Å². The van der Waals surface area contributed by atoms with Gasteiger partial charge in [-0.15, -0.1) is 6.58 Å². The van der Waals surface area contributed by atoms with Crippen LogP contribution in [0.1, 0.15) is 37.4 Å². The molecular weight excluding hydrogens is 394 g/mol. The molecule has 1 N–H and O–H groups in total. The van der Waals surface area contributed by atoms with Gasteiger partial charge in [0, 0.05) is 12.1 Å². The van der Waals surface area contributed by atoms with Crippen molar-refractivity contribution in [1.29, 1.82) is 0 Å². The van der Waals surface area contributed by atoms with Crippen LogP contribution in [0.15, 0.2) is 66.8 Å². The van der Waals surface area contributed by atoms with Crippen LogP contribution in [0.4, 0.5) is 0 Å². The van der Waals surface area contributed by atoms with E-state index in [1.807, 2.05) is 13.8 Å². The van der Waals surface area contributed by atoms with Crippen LogP contribution in [0.3, 0.4) is 0 Å². The third kappa shape index (κ3) is 4.63. The zero-order chi connectivity index (χ0) is 22.4. The molecule has 2 aromatic carbocycles. The van der Waals surface area contributed by atoms with Crippen molar-refractivity contribution < 1.29 is 24.2 Å². The molecule has 0 saturated carbocycles. The molecular formula is C25H27NO5. The van der Waals surface area contributed by atoms with Gasteiger partial charge in [0.25, 0.3) is 11.7 Å². The number of ketones is 1. The Hall–Kier alpha value is -3.54. The Kier molecular flexibility index (Phi) is 7.13. The van der Waals surface area contributed by atoms with Crippen LogP contribution in [0.2, 0.25) is 0 Å². The topological polar surface area (TPSA) is 76.1 Å². The number of likely N-dealkylation sites (tertiary alicyclic amines) is 1. The van der Waals surface area contributed by atoms with Crippen molar-refractivity contribution in [2.45, 2.75) is 26.3 Å². The molecule has 6 nitrogen and oxygen atoms in total. The molecule has 0 radical (unpaired) electrons. The van der Waals surface area contributed by atoms with Crippen molar-refractivity contribution in [2.24, 2.45) is 0 Å². The largest absolute Gasteiger partial charge is 0.507 e. The van der Waals surface area contributed by atoms with E-state index >= 15 is 0 Å². The number of benzene rings is 2. The fourth-order valence-corrected chi connectivity index (χ4v) is 3.55. The standard InChI is InChI=1S/C25H27NO5/c1-4-15-26-22(17-7-11-19(12-8-17)30-6-3)21(24(28)25(26)29)23(27)18-9-13-20(14-10-18)31-16-5-2/h4,7-14,22,27H,1,5-6,15-16H2,2-3H3/t22-/m1/s1. The van der Waals surface area contributed by atoms with Crippen molar-refractivity contribution in [3.8, 4) is 11.5 Å². The summed E-state index contributed by atoms with van der Waals surface area (Å²) in [6, 6.07) is 13.3. The number of hydrogen-bond acceptors (Lipinski definition) is 5. The normalized spacial score (nSPS) is 17.6.